The smallest absolute Gasteiger partial charge is 0.0521 e. The molecule has 2 N–H and O–H groups in total. The standard InChI is InChI=1S/C13H25N3/c1-3-4-5-6-7-13(14)9-8-12-10-15-16(2)11-12/h10-11,13H,3-9,14H2,1-2H3. The maximum atomic E-state index is 6.08. The summed E-state index contributed by atoms with van der Waals surface area (Å²) in [6.45, 7) is 2.24. The first-order valence-electron chi connectivity index (χ1n) is 6.45. The van der Waals surface area contributed by atoms with E-state index in [2.05, 4.69) is 18.2 Å². The molecular weight excluding hydrogens is 198 g/mol. The lowest BCUT2D eigenvalue weighted by atomic mass is 10.0. The molecule has 1 rings (SSSR count). The molecule has 0 aliphatic heterocycles. The van der Waals surface area contributed by atoms with Crippen molar-refractivity contribution in [2.24, 2.45) is 12.8 Å². The number of nitrogens with two attached hydrogens (primary N) is 1. The van der Waals surface area contributed by atoms with E-state index < -0.39 is 0 Å². The Bertz CT molecular complexity index is 280. The van der Waals surface area contributed by atoms with Gasteiger partial charge >= 0.3 is 0 Å². The van der Waals surface area contributed by atoms with Gasteiger partial charge in [-0.3, -0.25) is 4.68 Å². The summed E-state index contributed by atoms with van der Waals surface area (Å²) in [6, 6.07) is 0.358. The van der Waals surface area contributed by atoms with Crippen molar-refractivity contribution in [3.8, 4) is 0 Å². The van der Waals surface area contributed by atoms with Gasteiger partial charge < -0.3 is 5.73 Å². The summed E-state index contributed by atoms with van der Waals surface area (Å²) in [5.41, 5.74) is 7.38. The Hall–Kier alpha value is -0.830. The Kier molecular flexibility index (Phi) is 6.16. The number of hydrogen-bond acceptors (Lipinski definition) is 2. The zero-order valence-corrected chi connectivity index (χ0v) is 10.7. The molecule has 0 bridgehead atoms. The SMILES string of the molecule is CCCCCCC(N)CCc1cnn(C)c1. The van der Waals surface area contributed by atoms with Crippen molar-refractivity contribution >= 4 is 0 Å². The van der Waals surface area contributed by atoms with Crippen LogP contribution in [-0.4, -0.2) is 15.8 Å². The number of rotatable bonds is 8. The zero-order valence-electron chi connectivity index (χ0n) is 10.7. The number of aromatic nitrogens is 2. The molecule has 1 heterocycles. The summed E-state index contributed by atoms with van der Waals surface area (Å²) in [5, 5.41) is 4.16. The first kappa shape index (κ1) is 13.2. The molecule has 0 aliphatic carbocycles. The molecular formula is C13H25N3. The molecule has 16 heavy (non-hydrogen) atoms. The van der Waals surface area contributed by atoms with Gasteiger partial charge in [-0.1, -0.05) is 32.6 Å². The summed E-state index contributed by atoms with van der Waals surface area (Å²) in [4.78, 5) is 0. The van der Waals surface area contributed by atoms with E-state index in [1.807, 2.05) is 17.9 Å². The molecule has 0 spiro atoms. The maximum absolute atomic E-state index is 6.08. The van der Waals surface area contributed by atoms with Gasteiger partial charge in [0.1, 0.15) is 0 Å². The summed E-state index contributed by atoms with van der Waals surface area (Å²) in [7, 11) is 1.95. The van der Waals surface area contributed by atoms with Gasteiger partial charge in [-0.2, -0.15) is 5.10 Å². The summed E-state index contributed by atoms with van der Waals surface area (Å²) in [6.07, 6.45) is 12.6. The predicted molar refractivity (Wildman–Crippen MR) is 68.3 cm³/mol. The number of nitrogens with zero attached hydrogens (tertiary/aromatic N) is 2. The monoisotopic (exact) mass is 223 g/mol. The van der Waals surface area contributed by atoms with E-state index in [4.69, 9.17) is 5.73 Å². The minimum atomic E-state index is 0.358. The molecule has 1 aromatic heterocycles. The minimum absolute atomic E-state index is 0.358. The van der Waals surface area contributed by atoms with E-state index in [9.17, 15) is 0 Å². The largest absolute Gasteiger partial charge is 0.328 e. The fourth-order valence-electron chi connectivity index (χ4n) is 1.93. The molecule has 0 aromatic carbocycles. The van der Waals surface area contributed by atoms with Crippen LogP contribution in [0, 0.1) is 0 Å². The van der Waals surface area contributed by atoms with Gasteiger partial charge in [0.15, 0.2) is 0 Å². The highest BCUT2D eigenvalue weighted by Gasteiger charge is 2.04. The third kappa shape index (κ3) is 5.31. The Labute approximate surface area is 99.0 Å². The van der Waals surface area contributed by atoms with Crippen LogP contribution in [0.2, 0.25) is 0 Å². The van der Waals surface area contributed by atoms with Gasteiger partial charge in [0, 0.05) is 19.3 Å². The van der Waals surface area contributed by atoms with Gasteiger partial charge in [-0.05, 0) is 24.8 Å². The van der Waals surface area contributed by atoms with Crippen molar-refractivity contribution < 1.29 is 0 Å². The molecule has 92 valence electrons. The Morgan fingerprint density at radius 2 is 2.12 bits per heavy atom. The van der Waals surface area contributed by atoms with Crippen molar-refractivity contribution in [2.45, 2.75) is 57.9 Å². The highest BCUT2D eigenvalue weighted by atomic mass is 15.2. The fraction of sp³-hybridized carbons (Fsp3) is 0.769. The average Bonchev–Trinajstić information content (AvgIpc) is 2.68. The molecule has 3 nitrogen and oxygen atoms in total. The lowest BCUT2D eigenvalue weighted by molar-refractivity contribution is 0.521. The zero-order chi connectivity index (χ0) is 11.8. The molecule has 3 heteroatoms. The quantitative estimate of drug-likeness (QED) is 0.689. The van der Waals surface area contributed by atoms with E-state index in [1.165, 1.54) is 37.7 Å². The van der Waals surface area contributed by atoms with Gasteiger partial charge in [-0.15, -0.1) is 0 Å². The van der Waals surface area contributed by atoms with E-state index in [-0.39, 0.29) is 0 Å². The van der Waals surface area contributed by atoms with Crippen LogP contribution >= 0.6 is 0 Å². The lowest BCUT2D eigenvalue weighted by Gasteiger charge is -2.10. The summed E-state index contributed by atoms with van der Waals surface area (Å²) < 4.78 is 1.85. The molecule has 0 amide bonds. The minimum Gasteiger partial charge on any atom is -0.328 e. The lowest BCUT2D eigenvalue weighted by Crippen LogP contribution is -2.20. The van der Waals surface area contributed by atoms with Crippen LogP contribution < -0.4 is 5.73 Å². The first-order valence-corrected chi connectivity index (χ1v) is 6.45. The van der Waals surface area contributed by atoms with Crippen LogP contribution in [0.4, 0.5) is 0 Å². The molecule has 0 radical (unpaired) electrons. The van der Waals surface area contributed by atoms with Crippen molar-refractivity contribution in [1.29, 1.82) is 0 Å². The highest BCUT2D eigenvalue weighted by Crippen LogP contribution is 2.09. The third-order valence-electron chi connectivity index (χ3n) is 2.99. The molecule has 1 atom stereocenters. The molecule has 1 aromatic rings. The van der Waals surface area contributed by atoms with Crippen LogP contribution in [0.5, 0.6) is 0 Å². The normalized spacial score (nSPS) is 12.9. The Balaban J connectivity index is 2.08. The average molecular weight is 223 g/mol. The van der Waals surface area contributed by atoms with E-state index in [1.54, 1.807) is 0 Å². The molecule has 0 saturated heterocycles. The van der Waals surface area contributed by atoms with Crippen LogP contribution in [-0.2, 0) is 13.5 Å². The summed E-state index contributed by atoms with van der Waals surface area (Å²) in [5.74, 6) is 0. The van der Waals surface area contributed by atoms with Crippen molar-refractivity contribution in [1.82, 2.24) is 9.78 Å². The van der Waals surface area contributed by atoms with Crippen molar-refractivity contribution in [3.05, 3.63) is 18.0 Å². The number of hydrogen-bond donors (Lipinski definition) is 1. The molecule has 0 aliphatic rings. The fourth-order valence-corrected chi connectivity index (χ4v) is 1.93. The highest BCUT2D eigenvalue weighted by molar-refractivity contribution is 5.03. The van der Waals surface area contributed by atoms with Crippen LogP contribution in [0.1, 0.15) is 51.0 Å². The van der Waals surface area contributed by atoms with E-state index in [0.29, 0.717) is 6.04 Å². The topological polar surface area (TPSA) is 43.8 Å². The van der Waals surface area contributed by atoms with Crippen LogP contribution in [0.25, 0.3) is 0 Å². The van der Waals surface area contributed by atoms with E-state index in [0.717, 1.165) is 12.8 Å². The van der Waals surface area contributed by atoms with Crippen molar-refractivity contribution in [3.63, 3.8) is 0 Å². The molecule has 0 fully saturated rings. The Morgan fingerprint density at radius 1 is 1.31 bits per heavy atom. The second-order valence-corrected chi connectivity index (χ2v) is 4.67. The van der Waals surface area contributed by atoms with Crippen molar-refractivity contribution in [2.75, 3.05) is 0 Å². The van der Waals surface area contributed by atoms with Crippen LogP contribution in [0.3, 0.4) is 0 Å². The number of unbranched alkanes of at least 4 members (excludes halogenated alkanes) is 3. The van der Waals surface area contributed by atoms with Gasteiger partial charge in [0.25, 0.3) is 0 Å². The van der Waals surface area contributed by atoms with E-state index >= 15 is 0 Å². The number of aryl methyl sites for hydroxylation is 2. The molecule has 1 unspecified atom stereocenters. The second kappa shape index (κ2) is 7.44. The maximum Gasteiger partial charge on any atom is 0.0521 e. The second-order valence-electron chi connectivity index (χ2n) is 4.67. The Morgan fingerprint density at radius 3 is 2.75 bits per heavy atom. The summed E-state index contributed by atoms with van der Waals surface area (Å²) >= 11 is 0. The first-order chi connectivity index (χ1) is 7.72. The van der Waals surface area contributed by atoms with Gasteiger partial charge in [-0.25, -0.2) is 0 Å². The molecule has 0 saturated carbocycles. The van der Waals surface area contributed by atoms with Crippen LogP contribution in [0.15, 0.2) is 12.4 Å². The predicted octanol–water partition coefficient (Wildman–Crippen LogP) is 2.65. The third-order valence-corrected chi connectivity index (χ3v) is 2.99. The van der Waals surface area contributed by atoms with Gasteiger partial charge in [0.2, 0.25) is 0 Å². The van der Waals surface area contributed by atoms with Gasteiger partial charge in [0.05, 0.1) is 6.20 Å².